The van der Waals surface area contributed by atoms with Gasteiger partial charge in [0.05, 0.1) is 11.1 Å². The number of aromatic hydroxyl groups is 1. The smallest absolute Gasteiger partial charge is 0.335 e. The lowest BCUT2D eigenvalue weighted by atomic mass is 10.00. The fourth-order valence-corrected chi connectivity index (χ4v) is 1.99. The van der Waals surface area contributed by atoms with E-state index in [0.29, 0.717) is 5.69 Å². The Hall–Kier alpha value is -2.82. The highest BCUT2D eigenvalue weighted by Crippen LogP contribution is 2.24. The van der Waals surface area contributed by atoms with Crippen LogP contribution in [0.4, 0.5) is 5.69 Å². The van der Waals surface area contributed by atoms with Crippen LogP contribution >= 0.6 is 0 Å². The number of carbonyl (C=O) groups excluding carboxylic acids is 1. The molecule has 1 amide bonds. The van der Waals surface area contributed by atoms with Crippen molar-refractivity contribution in [2.75, 3.05) is 5.32 Å². The number of amides is 1. The first-order valence-corrected chi connectivity index (χ1v) is 6.86. The van der Waals surface area contributed by atoms with Crippen molar-refractivity contribution >= 4 is 17.6 Å². The molecular formula is C17H17NO4. The van der Waals surface area contributed by atoms with Gasteiger partial charge in [0.1, 0.15) is 5.75 Å². The van der Waals surface area contributed by atoms with Crippen LogP contribution in [-0.4, -0.2) is 22.1 Å². The number of rotatable bonds is 4. The number of benzene rings is 2. The van der Waals surface area contributed by atoms with Crippen molar-refractivity contribution < 1.29 is 19.8 Å². The molecular weight excluding hydrogens is 282 g/mol. The molecule has 2 rings (SSSR count). The quantitative estimate of drug-likeness (QED) is 0.806. The third-order valence-corrected chi connectivity index (χ3v) is 3.32. The molecule has 0 aliphatic carbocycles. The fourth-order valence-electron chi connectivity index (χ4n) is 1.99. The van der Waals surface area contributed by atoms with Crippen LogP contribution < -0.4 is 5.32 Å². The first-order chi connectivity index (χ1) is 10.4. The number of anilines is 1. The molecule has 0 heterocycles. The minimum atomic E-state index is -1.03. The molecule has 3 N–H and O–H groups in total. The predicted octanol–water partition coefficient (Wildman–Crippen LogP) is 3.47. The lowest BCUT2D eigenvalue weighted by Crippen LogP contribution is -2.12. The van der Waals surface area contributed by atoms with E-state index in [9.17, 15) is 14.7 Å². The summed E-state index contributed by atoms with van der Waals surface area (Å²) in [5, 5.41) is 21.3. The van der Waals surface area contributed by atoms with Gasteiger partial charge in [-0.1, -0.05) is 19.9 Å². The number of hydrogen-bond donors (Lipinski definition) is 3. The molecule has 2 aromatic carbocycles. The molecule has 5 nitrogen and oxygen atoms in total. The average Bonchev–Trinajstić information content (AvgIpc) is 2.47. The van der Waals surface area contributed by atoms with Crippen molar-refractivity contribution in [3.05, 3.63) is 59.2 Å². The van der Waals surface area contributed by atoms with Crippen LogP contribution in [0.25, 0.3) is 0 Å². The first kappa shape index (κ1) is 15.6. The number of phenolic OH excluding ortho intramolecular Hbond substituents is 1. The molecule has 0 bridgehead atoms. The minimum Gasteiger partial charge on any atom is -0.507 e. The zero-order chi connectivity index (χ0) is 16.3. The molecule has 0 saturated carbocycles. The molecule has 0 saturated heterocycles. The van der Waals surface area contributed by atoms with Crippen LogP contribution in [0.1, 0.15) is 46.0 Å². The maximum atomic E-state index is 12.2. The van der Waals surface area contributed by atoms with Crippen molar-refractivity contribution in [2.24, 2.45) is 0 Å². The molecule has 114 valence electrons. The Morgan fingerprint density at radius 3 is 2.23 bits per heavy atom. The molecule has 0 spiro atoms. The second-order valence-electron chi connectivity index (χ2n) is 5.27. The molecule has 0 radical (unpaired) electrons. The maximum absolute atomic E-state index is 12.2. The van der Waals surface area contributed by atoms with Gasteiger partial charge in [-0.25, -0.2) is 4.79 Å². The van der Waals surface area contributed by atoms with Gasteiger partial charge in [0, 0.05) is 5.69 Å². The number of carboxylic acids is 1. The highest BCUT2D eigenvalue weighted by atomic mass is 16.4. The summed E-state index contributed by atoms with van der Waals surface area (Å²) >= 11 is 0. The first-order valence-electron chi connectivity index (χ1n) is 6.86. The normalized spacial score (nSPS) is 10.5. The number of carbonyl (C=O) groups is 2. The molecule has 22 heavy (non-hydrogen) atoms. The third-order valence-electron chi connectivity index (χ3n) is 3.32. The fraction of sp³-hybridized carbons (Fsp3) is 0.176. The van der Waals surface area contributed by atoms with Crippen molar-refractivity contribution in [3.8, 4) is 5.75 Å². The molecule has 0 fully saturated rings. The van der Waals surface area contributed by atoms with E-state index in [1.165, 1.54) is 30.3 Å². The summed E-state index contributed by atoms with van der Waals surface area (Å²) in [5.41, 5.74) is 1.74. The molecule has 0 aromatic heterocycles. The van der Waals surface area contributed by atoms with Crippen LogP contribution in [0.15, 0.2) is 42.5 Å². The summed E-state index contributed by atoms with van der Waals surface area (Å²) in [7, 11) is 0. The van der Waals surface area contributed by atoms with Gasteiger partial charge in [0.15, 0.2) is 0 Å². The monoisotopic (exact) mass is 299 g/mol. The molecule has 0 aliphatic rings. The van der Waals surface area contributed by atoms with E-state index in [1.807, 2.05) is 13.8 Å². The zero-order valence-electron chi connectivity index (χ0n) is 12.3. The second kappa shape index (κ2) is 6.30. The van der Waals surface area contributed by atoms with Crippen molar-refractivity contribution in [1.82, 2.24) is 0 Å². The van der Waals surface area contributed by atoms with E-state index in [-0.39, 0.29) is 22.8 Å². The SMILES string of the molecule is CC(C)c1ccc(O)c(C(=O)Nc2ccc(C(=O)O)cc2)c1. The summed E-state index contributed by atoms with van der Waals surface area (Å²) in [5.74, 6) is -1.32. The van der Waals surface area contributed by atoms with E-state index in [1.54, 1.807) is 12.1 Å². The van der Waals surface area contributed by atoms with Crippen LogP contribution in [0.5, 0.6) is 5.75 Å². The van der Waals surface area contributed by atoms with Crippen LogP contribution in [0.2, 0.25) is 0 Å². The van der Waals surface area contributed by atoms with Gasteiger partial charge in [-0.05, 0) is 47.9 Å². The van der Waals surface area contributed by atoms with Crippen LogP contribution in [-0.2, 0) is 0 Å². The minimum absolute atomic E-state index is 0.0935. The summed E-state index contributed by atoms with van der Waals surface area (Å²) < 4.78 is 0. The van der Waals surface area contributed by atoms with Gasteiger partial charge in [-0.15, -0.1) is 0 Å². The number of hydrogen-bond acceptors (Lipinski definition) is 3. The van der Waals surface area contributed by atoms with Gasteiger partial charge >= 0.3 is 5.97 Å². The third kappa shape index (κ3) is 3.44. The second-order valence-corrected chi connectivity index (χ2v) is 5.27. The highest BCUT2D eigenvalue weighted by molar-refractivity contribution is 6.06. The zero-order valence-corrected chi connectivity index (χ0v) is 12.3. The number of phenols is 1. The van der Waals surface area contributed by atoms with Gasteiger partial charge in [0.2, 0.25) is 0 Å². The lowest BCUT2D eigenvalue weighted by molar-refractivity contribution is 0.0696. The van der Waals surface area contributed by atoms with Gasteiger partial charge in [-0.2, -0.15) is 0 Å². The van der Waals surface area contributed by atoms with Crippen molar-refractivity contribution in [1.29, 1.82) is 0 Å². The highest BCUT2D eigenvalue weighted by Gasteiger charge is 2.13. The van der Waals surface area contributed by atoms with E-state index in [2.05, 4.69) is 5.32 Å². The summed E-state index contributed by atoms with van der Waals surface area (Å²) in [4.78, 5) is 23.0. The van der Waals surface area contributed by atoms with Gasteiger partial charge in [0.25, 0.3) is 5.91 Å². The lowest BCUT2D eigenvalue weighted by Gasteiger charge is -2.11. The standard InChI is InChI=1S/C17H17NO4/c1-10(2)12-5-8-15(19)14(9-12)16(20)18-13-6-3-11(4-7-13)17(21)22/h3-10,19H,1-2H3,(H,18,20)(H,21,22). The Bertz CT molecular complexity index is 705. The molecule has 0 atom stereocenters. The Balaban J connectivity index is 2.21. The van der Waals surface area contributed by atoms with Crippen molar-refractivity contribution in [2.45, 2.75) is 19.8 Å². The Morgan fingerprint density at radius 2 is 1.68 bits per heavy atom. The van der Waals surface area contributed by atoms with Crippen molar-refractivity contribution in [3.63, 3.8) is 0 Å². The largest absolute Gasteiger partial charge is 0.507 e. The number of nitrogens with one attached hydrogen (secondary N) is 1. The Morgan fingerprint density at radius 1 is 1.05 bits per heavy atom. The van der Waals surface area contributed by atoms with Crippen LogP contribution in [0, 0.1) is 0 Å². The van der Waals surface area contributed by atoms with E-state index >= 15 is 0 Å². The summed E-state index contributed by atoms with van der Waals surface area (Å²) in [6, 6.07) is 10.7. The number of aromatic carboxylic acids is 1. The van der Waals surface area contributed by atoms with Gasteiger partial charge < -0.3 is 15.5 Å². The Labute approximate surface area is 128 Å². The van der Waals surface area contributed by atoms with Gasteiger partial charge in [-0.3, -0.25) is 4.79 Å². The predicted molar refractivity (Wildman–Crippen MR) is 83.6 cm³/mol. The Kier molecular flexibility index (Phi) is 4.46. The molecule has 5 heteroatoms. The summed E-state index contributed by atoms with van der Waals surface area (Å²) in [6.45, 7) is 4.00. The topological polar surface area (TPSA) is 86.6 Å². The summed E-state index contributed by atoms with van der Waals surface area (Å²) in [6.07, 6.45) is 0. The molecule has 0 aliphatic heterocycles. The maximum Gasteiger partial charge on any atom is 0.335 e. The van der Waals surface area contributed by atoms with E-state index < -0.39 is 11.9 Å². The average molecular weight is 299 g/mol. The number of carboxylic acid groups (broad SMARTS) is 1. The molecule has 0 unspecified atom stereocenters. The van der Waals surface area contributed by atoms with E-state index in [0.717, 1.165) is 5.56 Å². The molecule has 2 aromatic rings. The van der Waals surface area contributed by atoms with Crippen LogP contribution in [0.3, 0.4) is 0 Å². The van der Waals surface area contributed by atoms with E-state index in [4.69, 9.17) is 5.11 Å².